The second-order valence-corrected chi connectivity index (χ2v) is 7.37. The SMILES string of the molecule is C[C@H]([C@@H](O)c1ccccc1)N(C)S(=O)(=O)c1ccc([N+](=O)[O-])cc1. The maximum atomic E-state index is 12.6. The average molecular weight is 350 g/mol. The molecule has 128 valence electrons. The van der Waals surface area contributed by atoms with E-state index >= 15 is 0 Å². The highest BCUT2D eigenvalue weighted by molar-refractivity contribution is 7.89. The van der Waals surface area contributed by atoms with Gasteiger partial charge in [0.25, 0.3) is 5.69 Å². The molecule has 8 heteroatoms. The average Bonchev–Trinajstić information content (AvgIpc) is 2.60. The van der Waals surface area contributed by atoms with Crippen molar-refractivity contribution in [1.29, 1.82) is 0 Å². The molecule has 0 aliphatic rings. The van der Waals surface area contributed by atoms with Gasteiger partial charge in [0, 0.05) is 19.2 Å². The lowest BCUT2D eigenvalue weighted by atomic mass is 10.0. The molecule has 2 aromatic rings. The third kappa shape index (κ3) is 3.61. The highest BCUT2D eigenvalue weighted by atomic mass is 32.2. The molecule has 1 N–H and O–H groups in total. The Balaban J connectivity index is 2.26. The maximum Gasteiger partial charge on any atom is 0.269 e. The minimum Gasteiger partial charge on any atom is -0.387 e. The minimum absolute atomic E-state index is 0.0669. The van der Waals surface area contributed by atoms with E-state index in [0.29, 0.717) is 5.56 Å². The Bertz CT molecular complexity index is 806. The van der Waals surface area contributed by atoms with E-state index in [2.05, 4.69) is 0 Å². The molecule has 0 heterocycles. The van der Waals surface area contributed by atoms with Crippen molar-refractivity contribution < 1.29 is 18.4 Å². The van der Waals surface area contributed by atoms with Crippen LogP contribution >= 0.6 is 0 Å². The number of hydrogen-bond acceptors (Lipinski definition) is 5. The number of hydrogen-bond donors (Lipinski definition) is 1. The van der Waals surface area contributed by atoms with E-state index in [1.54, 1.807) is 37.3 Å². The number of likely N-dealkylation sites (N-methyl/N-ethyl adjacent to an activating group) is 1. The molecule has 0 aliphatic carbocycles. The van der Waals surface area contributed by atoms with Gasteiger partial charge < -0.3 is 5.11 Å². The molecule has 0 saturated carbocycles. The number of aliphatic hydroxyl groups excluding tert-OH is 1. The van der Waals surface area contributed by atoms with Crippen molar-refractivity contribution in [2.24, 2.45) is 0 Å². The van der Waals surface area contributed by atoms with Gasteiger partial charge in [-0.05, 0) is 24.6 Å². The van der Waals surface area contributed by atoms with Gasteiger partial charge in [0.05, 0.1) is 22.0 Å². The van der Waals surface area contributed by atoms with Crippen LogP contribution in [-0.2, 0) is 10.0 Å². The Morgan fingerprint density at radius 3 is 2.12 bits per heavy atom. The lowest BCUT2D eigenvalue weighted by Crippen LogP contribution is -2.39. The van der Waals surface area contributed by atoms with Crippen LogP contribution in [0.3, 0.4) is 0 Å². The van der Waals surface area contributed by atoms with Crippen LogP contribution in [-0.4, -0.2) is 35.8 Å². The zero-order valence-corrected chi connectivity index (χ0v) is 14.1. The second-order valence-electron chi connectivity index (χ2n) is 5.37. The molecule has 24 heavy (non-hydrogen) atoms. The lowest BCUT2D eigenvalue weighted by molar-refractivity contribution is -0.384. The fourth-order valence-electron chi connectivity index (χ4n) is 2.25. The van der Waals surface area contributed by atoms with Crippen LogP contribution in [0.25, 0.3) is 0 Å². The molecule has 2 rings (SSSR count). The fourth-order valence-corrected chi connectivity index (χ4v) is 3.62. The van der Waals surface area contributed by atoms with Crippen molar-refractivity contribution in [3.8, 4) is 0 Å². The second kappa shape index (κ2) is 7.08. The van der Waals surface area contributed by atoms with E-state index in [4.69, 9.17) is 0 Å². The van der Waals surface area contributed by atoms with Gasteiger partial charge in [-0.15, -0.1) is 0 Å². The minimum atomic E-state index is -3.88. The topological polar surface area (TPSA) is 101 Å². The number of sulfonamides is 1. The van der Waals surface area contributed by atoms with E-state index < -0.39 is 27.1 Å². The normalized spacial score (nSPS) is 14.3. The summed E-state index contributed by atoms with van der Waals surface area (Å²) >= 11 is 0. The molecule has 0 fully saturated rings. The van der Waals surface area contributed by atoms with E-state index in [0.717, 1.165) is 16.4 Å². The van der Waals surface area contributed by atoms with E-state index in [-0.39, 0.29) is 10.6 Å². The maximum absolute atomic E-state index is 12.6. The van der Waals surface area contributed by atoms with Gasteiger partial charge in [-0.2, -0.15) is 4.31 Å². The number of nitro benzene ring substituents is 1. The third-order valence-corrected chi connectivity index (χ3v) is 5.85. The van der Waals surface area contributed by atoms with Crippen LogP contribution < -0.4 is 0 Å². The summed E-state index contributed by atoms with van der Waals surface area (Å²) in [5.41, 5.74) is 0.421. The van der Waals surface area contributed by atoms with Crippen LogP contribution in [0.4, 0.5) is 5.69 Å². The number of non-ortho nitro benzene ring substituents is 1. The molecule has 0 saturated heterocycles. The smallest absolute Gasteiger partial charge is 0.269 e. The molecule has 0 spiro atoms. The summed E-state index contributed by atoms with van der Waals surface area (Å²) in [7, 11) is -2.51. The predicted octanol–water partition coefficient (Wildman–Crippen LogP) is 2.34. The standard InChI is InChI=1S/C16H18N2O5S/c1-12(16(19)13-6-4-3-5-7-13)17(2)24(22,23)15-10-8-14(9-11-15)18(20)21/h3-12,16,19H,1-2H3/t12-,16-/m1/s1. The first-order chi connectivity index (χ1) is 11.2. The summed E-state index contributed by atoms with van der Waals surface area (Å²) in [5, 5.41) is 21.1. The summed E-state index contributed by atoms with van der Waals surface area (Å²) in [5.74, 6) is 0. The van der Waals surface area contributed by atoms with Crippen LogP contribution in [0.1, 0.15) is 18.6 Å². The van der Waals surface area contributed by atoms with Gasteiger partial charge in [0.2, 0.25) is 10.0 Å². The summed E-state index contributed by atoms with van der Waals surface area (Å²) in [6.07, 6.45) is -0.996. The summed E-state index contributed by atoms with van der Waals surface area (Å²) in [6.45, 7) is 1.60. The largest absolute Gasteiger partial charge is 0.387 e. The molecule has 0 bridgehead atoms. The first kappa shape index (κ1) is 18.1. The van der Waals surface area contributed by atoms with Crippen molar-refractivity contribution >= 4 is 15.7 Å². The number of aliphatic hydroxyl groups is 1. The summed E-state index contributed by atoms with van der Waals surface area (Å²) in [6, 6.07) is 12.7. The van der Waals surface area contributed by atoms with E-state index in [1.807, 2.05) is 0 Å². The fraction of sp³-hybridized carbons (Fsp3) is 0.250. The number of rotatable bonds is 6. The van der Waals surface area contributed by atoms with Gasteiger partial charge in [-0.25, -0.2) is 8.42 Å². The first-order valence-electron chi connectivity index (χ1n) is 7.20. The number of nitrogens with zero attached hydrogens (tertiary/aromatic N) is 2. The van der Waals surface area contributed by atoms with E-state index in [9.17, 15) is 23.6 Å². The third-order valence-electron chi connectivity index (χ3n) is 3.90. The van der Waals surface area contributed by atoms with Crippen LogP contribution in [0.5, 0.6) is 0 Å². The Hall–Kier alpha value is -2.29. The molecule has 7 nitrogen and oxygen atoms in total. The zero-order valence-electron chi connectivity index (χ0n) is 13.2. The highest BCUT2D eigenvalue weighted by Gasteiger charge is 2.30. The van der Waals surface area contributed by atoms with Crippen LogP contribution in [0.2, 0.25) is 0 Å². The van der Waals surface area contributed by atoms with Crippen LogP contribution in [0, 0.1) is 10.1 Å². The number of nitro groups is 1. The molecule has 2 aromatic carbocycles. The Labute approximate surface area is 140 Å². The quantitative estimate of drug-likeness (QED) is 0.636. The molecule has 0 radical (unpaired) electrons. The molecule has 0 amide bonds. The van der Waals surface area contributed by atoms with Gasteiger partial charge in [0.15, 0.2) is 0 Å². The van der Waals surface area contributed by atoms with Crippen molar-refractivity contribution in [3.63, 3.8) is 0 Å². The van der Waals surface area contributed by atoms with Gasteiger partial charge in [-0.3, -0.25) is 10.1 Å². The van der Waals surface area contributed by atoms with Crippen molar-refractivity contribution in [2.75, 3.05) is 7.05 Å². The van der Waals surface area contributed by atoms with Crippen molar-refractivity contribution in [1.82, 2.24) is 4.31 Å². The van der Waals surface area contributed by atoms with Crippen molar-refractivity contribution in [2.45, 2.75) is 24.0 Å². The van der Waals surface area contributed by atoms with Crippen LogP contribution in [0.15, 0.2) is 59.5 Å². The van der Waals surface area contributed by atoms with Gasteiger partial charge in [-0.1, -0.05) is 30.3 Å². The Morgan fingerprint density at radius 1 is 1.08 bits per heavy atom. The summed E-state index contributed by atoms with van der Waals surface area (Å²) in [4.78, 5) is 10.0. The highest BCUT2D eigenvalue weighted by Crippen LogP contribution is 2.25. The Morgan fingerprint density at radius 2 is 1.62 bits per heavy atom. The Kier molecular flexibility index (Phi) is 5.33. The van der Waals surface area contributed by atoms with E-state index in [1.165, 1.54) is 19.2 Å². The lowest BCUT2D eigenvalue weighted by Gasteiger charge is -2.28. The predicted molar refractivity (Wildman–Crippen MR) is 88.9 cm³/mol. The van der Waals surface area contributed by atoms with Gasteiger partial charge in [0.1, 0.15) is 0 Å². The monoisotopic (exact) mass is 350 g/mol. The van der Waals surface area contributed by atoms with Crippen molar-refractivity contribution in [3.05, 3.63) is 70.3 Å². The molecule has 0 unspecified atom stereocenters. The molecule has 0 aromatic heterocycles. The molecular weight excluding hydrogens is 332 g/mol. The van der Waals surface area contributed by atoms with Gasteiger partial charge >= 0.3 is 0 Å². The molecule has 2 atom stereocenters. The first-order valence-corrected chi connectivity index (χ1v) is 8.64. The number of benzene rings is 2. The zero-order chi connectivity index (χ0) is 17.9. The molecule has 0 aliphatic heterocycles. The summed E-state index contributed by atoms with van der Waals surface area (Å²) < 4.78 is 26.3. The molecular formula is C16H18N2O5S.